The highest BCUT2D eigenvalue weighted by molar-refractivity contribution is 5.93. The van der Waals surface area contributed by atoms with Crippen molar-refractivity contribution in [3.05, 3.63) is 72.3 Å². The fourth-order valence-electron chi connectivity index (χ4n) is 6.05. The monoisotopic (exact) mass is 525 g/mol. The molecule has 1 aliphatic heterocycles. The Morgan fingerprint density at radius 2 is 1.67 bits per heavy atom. The van der Waals surface area contributed by atoms with Gasteiger partial charge in [0.1, 0.15) is 17.3 Å². The summed E-state index contributed by atoms with van der Waals surface area (Å²) in [4.78, 5) is 18.9. The Kier molecular flexibility index (Phi) is 7.24. The SMILES string of the molecule is COC1CCN(c2cccc(Oc3ccc(-c4nc5cc(C(=O)O)ccc5n4C4CCCCC4)cc3)c2)CC1. The summed E-state index contributed by atoms with van der Waals surface area (Å²) in [5.41, 5.74) is 4.14. The van der Waals surface area contributed by atoms with Gasteiger partial charge in [-0.1, -0.05) is 25.3 Å². The van der Waals surface area contributed by atoms with Gasteiger partial charge in [-0.3, -0.25) is 0 Å². The summed E-state index contributed by atoms with van der Waals surface area (Å²) >= 11 is 0. The first kappa shape index (κ1) is 25.4. The van der Waals surface area contributed by atoms with Crippen LogP contribution in [0.1, 0.15) is 61.3 Å². The Morgan fingerprint density at radius 3 is 2.38 bits per heavy atom. The second-order valence-electron chi connectivity index (χ2n) is 10.7. The molecule has 6 rings (SSSR count). The molecule has 0 spiro atoms. The van der Waals surface area contributed by atoms with Crippen LogP contribution in [0, 0.1) is 0 Å². The van der Waals surface area contributed by atoms with E-state index in [2.05, 4.69) is 21.6 Å². The lowest BCUT2D eigenvalue weighted by molar-refractivity contribution is 0.0697. The van der Waals surface area contributed by atoms with E-state index in [0.717, 1.165) is 72.7 Å². The molecule has 4 aromatic rings. The van der Waals surface area contributed by atoms with E-state index in [1.54, 1.807) is 19.2 Å². The van der Waals surface area contributed by atoms with E-state index >= 15 is 0 Å². The average Bonchev–Trinajstić information content (AvgIpc) is 3.37. The lowest BCUT2D eigenvalue weighted by Gasteiger charge is -2.33. The normalized spacial score (nSPS) is 17.0. The smallest absolute Gasteiger partial charge is 0.335 e. The Balaban J connectivity index is 1.25. The summed E-state index contributed by atoms with van der Waals surface area (Å²) in [6.45, 7) is 1.96. The lowest BCUT2D eigenvalue weighted by Crippen LogP contribution is -2.36. The number of piperidine rings is 1. The third kappa shape index (κ3) is 5.36. The number of carboxylic acid groups (broad SMARTS) is 1. The maximum atomic E-state index is 11.6. The minimum Gasteiger partial charge on any atom is -0.478 e. The van der Waals surface area contributed by atoms with E-state index in [4.69, 9.17) is 14.5 Å². The van der Waals surface area contributed by atoms with Crippen molar-refractivity contribution in [1.29, 1.82) is 0 Å². The number of hydrogen-bond donors (Lipinski definition) is 1. The minimum absolute atomic E-state index is 0.261. The number of aromatic carboxylic acids is 1. The second-order valence-corrected chi connectivity index (χ2v) is 10.7. The van der Waals surface area contributed by atoms with Crippen LogP contribution in [0.3, 0.4) is 0 Å². The molecule has 1 saturated carbocycles. The number of hydrogen-bond acceptors (Lipinski definition) is 5. The first-order chi connectivity index (χ1) is 19.1. The van der Waals surface area contributed by atoms with Crippen LogP contribution in [0.5, 0.6) is 11.5 Å². The second kappa shape index (κ2) is 11.1. The first-order valence-corrected chi connectivity index (χ1v) is 14.0. The predicted molar refractivity (Wildman–Crippen MR) is 153 cm³/mol. The van der Waals surface area contributed by atoms with E-state index < -0.39 is 5.97 Å². The molecule has 1 saturated heterocycles. The highest BCUT2D eigenvalue weighted by Gasteiger charge is 2.23. The molecule has 0 bridgehead atoms. The molecule has 1 N–H and O–H groups in total. The number of fused-ring (bicyclic) bond motifs is 1. The molecule has 7 nitrogen and oxygen atoms in total. The molecule has 7 heteroatoms. The number of carbonyl (C=O) groups is 1. The minimum atomic E-state index is -0.935. The number of anilines is 1. The fraction of sp³-hybridized carbons (Fsp3) is 0.375. The van der Waals surface area contributed by atoms with E-state index in [1.807, 2.05) is 42.5 Å². The van der Waals surface area contributed by atoms with Gasteiger partial charge in [-0.2, -0.15) is 0 Å². The maximum Gasteiger partial charge on any atom is 0.335 e. The molecule has 202 valence electrons. The van der Waals surface area contributed by atoms with Gasteiger partial charge in [0.25, 0.3) is 0 Å². The maximum absolute atomic E-state index is 11.6. The van der Waals surface area contributed by atoms with Gasteiger partial charge in [0, 0.05) is 43.6 Å². The van der Waals surface area contributed by atoms with Crippen molar-refractivity contribution in [3.63, 3.8) is 0 Å². The number of benzene rings is 3. The van der Waals surface area contributed by atoms with E-state index in [1.165, 1.54) is 24.9 Å². The van der Waals surface area contributed by atoms with Crippen molar-refractivity contribution in [2.24, 2.45) is 0 Å². The van der Waals surface area contributed by atoms with Gasteiger partial charge in [-0.15, -0.1) is 0 Å². The quantitative estimate of drug-likeness (QED) is 0.273. The number of imidazole rings is 1. The van der Waals surface area contributed by atoms with Crippen LogP contribution in [0.25, 0.3) is 22.4 Å². The molecule has 39 heavy (non-hydrogen) atoms. The van der Waals surface area contributed by atoms with Gasteiger partial charge in [0.05, 0.1) is 22.7 Å². The molecule has 0 radical (unpaired) electrons. The van der Waals surface area contributed by atoms with E-state index in [9.17, 15) is 9.90 Å². The molecule has 2 fully saturated rings. The summed E-state index contributed by atoms with van der Waals surface area (Å²) in [5.74, 6) is 1.52. The molecule has 2 heterocycles. The molecule has 0 atom stereocenters. The van der Waals surface area contributed by atoms with Crippen molar-refractivity contribution in [2.75, 3.05) is 25.1 Å². The Bertz CT molecular complexity index is 1450. The van der Waals surface area contributed by atoms with Gasteiger partial charge in [0.2, 0.25) is 0 Å². The average molecular weight is 526 g/mol. The van der Waals surface area contributed by atoms with Gasteiger partial charge in [-0.25, -0.2) is 9.78 Å². The summed E-state index contributed by atoms with van der Waals surface area (Å²) in [7, 11) is 1.79. The van der Waals surface area contributed by atoms with E-state index in [-0.39, 0.29) is 5.56 Å². The summed E-state index contributed by atoms with van der Waals surface area (Å²) in [5, 5.41) is 9.49. The van der Waals surface area contributed by atoms with Crippen LogP contribution >= 0.6 is 0 Å². The topological polar surface area (TPSA) is 76.8 Å². The summed E-state index contributed by atoms with van der Waals surface area (Å²) in [6, 6.07) is 22.0. The number of carboxylic acids is 1. The summed E-state index contributed by atoms with van der Waals surface area (Å²) in [6.07, 6.45) is 8.31. The van der Waals surface area contributed by atoms with Gasteiger partial charge < -0.3 is 24.0 Å². The number of ether oxygens (including phenoxy) is 2. The number of methoxy groups -OCH3 is 1. The molecule has 1 aromatic heterocycles. The standard InChI is InChI=1S/C32H35N3O4/c1-38-26-16-18-34(19-17-26)25-8-5-9-28(21-25)39-27-13-10-22(11-14-27)31-33-29-20-23(32(36)37)12-15-30(29)35(31)24-6-3-2-4-7-24/h5,8-15,20-21,24,26H,2-4,6-7,16-19H2,1H3,(H,36,37). The zero-order valence-electron chi connectivity index (χ0n) is 22.4. The first-order valence-electron chi connectivity index (χ1n) is 14.0. The largest absolute Gasteiger partial charge is 0.478 e. The van der Waals surface area contributed by atoms with Crippen molar-refractivity contribution in [2.45, 2.75) is 57.1 Å². The van der Waals surface area contributed by atoms with Crippen LogP contribution in [0.2, 0.25) is 0 Å². The molecule has 3 aromatic carbocycles. The zero-order chi connectivity index (χ0) is 26.8. The number of nitrogens with zero attached hydrogens (tertiary/aromatic N) is 3. The molecule has 0 amide bonds. The van der Waals surface area contributed by atoms with Crippen LogP contribution in [-0.4, -0.2) is 46.9 Å². The lowest BCUT2D eigenvalue weighted by atomic mass is 9.95. The van der Waals surface area contributed by atoms with Crippen LogP contribution in [0.15, 0.2) is 66.7 Å². The number of aromatic nitrogens is 2. The Labute approximate surface area is 229 Å². The molecular formula is C32H35N3O4. The van der Waals surface area contributed by atoms with Gasteiger partial charge in [0.15, 0.2) is 0 Å². The van der Waals surface area contributed by atoms with Crippen LogP contribution in [0.4, 0.5) is 5.69 Å². The Hall–Kier alpha value is -3.84. The molecule has 2 aliphatic rings. The highest BCUT2D eigenvalue weighted by atomic mass is 16.5. The van der Waals surface area contributed by atoms with Crippen LogP contribution in [-0.2, 0) is 4.74 Å². The zero-order valence-corrected chi connectivity index (χ0v) is 22.4. The van der Waals surface area contributed by atoms with Gasteiger partial charge >= 0.3 is 5.97 Å². The third-order valence-electron chi connectivity index (χ3n) is 8.18. The molecule has 0 unspecified atom stereocenters. The Morgan fingerprint density at radius 1 is 0.897 bits per heavy atom. The summed E-state index contributed by atoms with van der Waals surface area (Å²) < 4.78 is 14.1. The highest BCUT2D eigenvalue weighted by Crippen LogP contribution is 2.37. The van der Waals surface area contributed by atoms with Crippen molar-refractivity contribution >= 4 is 22.7 Å². The predicted octanol–water partition coefficient (Wildman–Crippen LogP) is 7.31. The van der Waals surface area contributed by atoms with Crippen molar-refractivity contribution in [1.82, 2.24) is 9.55 Å². The van der Waals surface area contributed by atoms with Crippen molar-refractivity contribution < 1.29 is 19.4 Å². The van der Waals surface area contributed by atoms with Gasteiger partial charge in [-0.05, 0) is 80.3 Å². The van der Waals surface area contributed by atoms with Crippen molar-refractivity contribution in [3.8, 4) is 22.9 Å². The third-order valence-corrected chi connectivity index (χ3v) is 8.18. The molecular weight excluding hydrogens is 490 g/mol. The van der Waals surface area contributed by atoms with E-state index in [0.29, 0.717) is 12.1 Å². The van der Waals surface area contributed by atoms with Crippen LogP contribution < -0.4 is 9.64 Å². The number of rotatable bonds is 7. The molecule has 1 aliphatic carbocycles. The fourth-order valence-corrected chi connectivity index (χ4v) is 6.05.